The summed E-state index contributed by atoms with van der Waals surface area (Å²) in [6.45, 7) is 5.18. The van der Waals surface area contributed by atoms with Crippen molar-refractivity contribution in [2.45, 2.75) is 26.2 Å². The molecule has 0 aliphatic carbocycles. The van der Waals surface area contributed by atoms with Gasteiger partial charge in [0.15, 0.2) is 18.1 Å². The van der Waals surface area contributed by atoms with E-state index in [-0.39, 0.29) is 5.91 Å². The molecule has 0 spiro atoms. The number of aliphatic carboxylic acids is 1. The topological polar surface area (TPSA) is 103 Å². The Bertz CT molecular complexity index is 629. The van der Waals surface area contributed by atoms with Crippen LogP contribution in [0.3, 0.4) is 0 Å². The first-order valence-corrected chi connectivity index (χ1v) is 9.65. The van der Waals surface area contributed by atoms with Crippen LogP contribution in [0.5, 0.6) is 11.5 Å². The Morgan fingerprint density at radius 1 is 1.21 bits per heavy atom. The molecule has 1 heterocycles. The average Bonchev–Trinajstić information content (AvgIpc) is 2.70. The van der Waals surface area contributed by atoms with Crippen LogP contribution in [0, 0.1) is 5.92 Å². The Morgan fingerprint density at radius 3 is 2.71 bits per heavy atom. The maximum atomic E-state index is 12.3. The highest BCUT2D eigenvalue weighted by atomic mass is 16.5. The van der Waals surface area contributed by atoms with E-state index in [1.54, 1.807) is 25.1 Å². The minimum atomic E-state index is -1.08. The van der Waals surface area contributed by atoms with Crippen LogP contribution in [0.15, 0.2) is 18.2 Å². The largest absolute Gasteiger partial charge is 0.490 e. The van der Waals surface area contributed by atoms with E-state index in [0.717, 1.165) is 39.1 Å². The number of carboxylic acid groups (broad SMARTS) is 1. The van der Waals surface area contributed by atoms with Crippen molar-refractivity contribution >= 4 is 11.9 Å². The summed E-state index contributed by atoms with van der Waals surface area (Å²) in [6, 6.07) is 4.67. The molecule has 28 heavy (non-hydrogen) atoms. The lowest BCUT2D eigenvalue weighted by atomic mass is 10.0. The van der Waals surface area contributed by atoms with E-state index in [1.807, 2.05) is 0 Å². The highest BCUT2D eigenvalue weighted by Crippen LogP contribution is 2.28. The third-order valence-corrected chi connectivity index (χ3v) is 4.30. The van der Waals surface area contributed by atoms with E-state index in [9.17, 15) is 9.59 Å². The lowest BCUT2D eigenvalue weighted by Crippen LogP contribution is -2.26. The second kappa shape index (κ2) is 12.2. The summed E-state index contributed by atoms with van der Waals surface area (Å²) in [5.41, 5.74) is 0.425. The van der Waals surface area contributed by atoms with Gasteiger partial charge in [-0.05, 0) is 50.3 Å². The first-order valence-electron chi connectivity index (χ1n) is 9.65. The molecule has 1 aliphatic rings. The normalized spacial score (nSPS) is 14.5. The second-order valence-electron chi connectivity index (χ2n) is 6.52. The first kappa shape index (κ1) is 22.0. The zero-order chi connectivity index (χ0) is 20.2. The molecule has 0 saturated carbocycles. The zero-order valence-electron chi connectivity index (χ0n) is 16.3. The predicted molar refractivity (Wildman–Crippen MR) is 102 cm³/mol. The third kappa shape index (κ3) is 7.74. The molecule has 1 fully saturated rings. The van der Waals surface area contributed by atoms with Crippen LogP contribution >= 0.6 is 0 Å². The minimum absolute atomic E-state index is 0.227. The van der Waals surface area contributed by atoms with Gasteiger partial charge in [0.05, 0.1) is 6.61 Å². The van der Waals surface area contributed by atoms with Gasteiger partial charge in [0, 0.05) is 38.5 Å². The Labute approximate surface area is 165 Å². The standard InChI is InChI=1S/C20H29NO7/c1-2-27-18-12-16(4-5-17(18)28-14-19(22)23)20(24)21-8-3-9-26-13-15-6-10-25-11-7-15/h4-5,12,15H,2-3,6-11,13-14H2,1H3,(H,21,24)(H,22,23). The number of nitrogens with one attached hydrogen (secondary N) is 1. The predicted octanol–water partition coefficient (Wildman–Crippen LogP) is 2.11. The number of hydrogen-bond donors (Lipinski definition) is 2. The molecule has 8 nitrogen and oxygen atoms in total. The molecule has 156 valence electrons. The molecule has 0 radical (unpaired) electrons. The molecule has 0 unspecified atom stereocenters. The molecule has 1 amide bonds. The highest BCUT2D eigenvalue weighted by Gasteiger charge is 2.14. The Hall–Kier alpha value is -2.32. The minimum Gasteiger partial charge on any atom is -0.490 e. The average molecular weight is 395 g/mol. The molecule has 2 N–H and O–H groups in total. The van der Waals surface area contributed by atoms with Crippen LogP contribution in [-0.4, -0.2) is 63.2 Å². The van der Waals surface area contributed by atoms with Crippen LogP contribution in [0.1, 0.15) is 36.5 Å². The third-order valence-electron chi connectivity index (χ3n) is 4.30. The molecule has 2 rings (SSSR count). The van der Waals surface area contributed by atoms with Gasteiger partial charge >= 0.3 is 5.97 Å². The van der Waals surface area contributed by atoms with Crippen molar-refractivity contribution in [2.24, 2.45) is 5.92 Å². The molecule has 1 aromatic carbocycles. The van der Waals surface area contributed by atoms with Crippen LogP contribution < -0.4 is 14.8 Å². The van der Waals surface area contributed by atoms with E-state index < -0.39 is 12.6 Å². The van der Waals surface area contributed by atoms with Gasteiger partial charge in [-0.3, -0.25) is 4.79 Å². The lowest BCUT2D eigenvalue weighted by molar-refractivity contribution is -0.139. The van der Waals surface area contributed by atoms with Crippen molar-refractivity contribution in [2.75, 3.05) is 46.2 Å². The molecule has 1 saturated heterocycles. The Balaban J connectivity index is 1.73. The van der Waals surface area contributed by atoms with Crippen LogP contribution in [0.4, 0.5) is 0 Å². The number of carbonyl (C=O) groups excluding carboxylic acids is 1. The summed E-state index contributed by atoms with van der Waals surface area (Å²) < 4.78 is 21.6. The summed E-state index contributed by atoms with van der Waals surface area (Å²) in [5.74, 6) is -0.0980. The number of carboxylic acids is 1. The van der Waals surface area contributed by atoms with Gasteiger partial charge in [-0.25, -0.2) is 4.79 Å². The molecule has 1 aliphatic heterocycles. The quantitative estimate of drug-likeness (QED) is 0.523. The molecule has 1 aromatic rings. The highest BCUT2D eigenvalue weighted by molar-refractivity contribution is 5.94. The molecule has 0 bridgehead atoms. The van der Waals surface area contributed by atoms with Gasteiger partial charge in [0.1, 0.15) is 0 Å². The molecular weight excluding hydrogens is 366 g/mol. The summed E-state index contributed by atoms with van der Waals surface area (Å²) >= 11 is 0. The van der Waals surface area contributed by atoms with Crippen molar-refractivity contribution in [1.82, 2.24) is 5.32 Å². The fourth-order valence-corrected chi connectivity index (χ4v) is 2.82. The Morgan fingerprint density at radius 2 is 2.00 bits per heavy atom. The van der Waals surface area contributed by atoms with Gasteiger partial charge in [0.25, 0.3) is 5.91 Å². The van der Waals surface area contributed by atoms with E-state index in [1.165, 1.54) is 0 Å². The van der Waals surface area contributed by atoms with Crippen LogP contribution in [0.2, 0.25) is 0 Å². The van der Waals surface area contributed by atoms with Crippen LogP contribution in [0.25, 0.3) is 0 Å². The molecule has 8 heteroatoms. The van der Waals surface area contributed by atoms with Crippen molar-refractivity contribution in [3.05, 3.63) is 23.8 Å². The summed E-state index contributed by atoms with van der Waals surface area (Å²) in [5, 5.41) is 11.6. The SMILES string of the molecule is CCOc1cc(C(=O)NCCCOCC2CCOCC2)ccc1OCC(=O)O. The number of ether oxygens (including phenoxy) is 4. The van der Waals surface area contributed by atoms with Gasteiger partial charge in [-0.2, -0.15) is 0 Å². The van der Waals surface area contributed by atoms with Gasteiger partial charge in [0.2, 0.25) is 0 Å². The Kier molecular flexibility index (Phi) is 9.57. The monoisotopic (exact) mass is 395 g/mol. The molecule has 0 atom stereocenters. The number of hydrogen-bond acceptors (Lipinski definition) is 6. The summed E-state index contributed by atoms with van der Waals surface area (Å²) in [7, 11) is 0. The molecular formula is C20H29NO7. The molecule has 0 aromatic heterocycles. The fraction of sp³-hybridized carbons (Fsp3) is 0.600. The second-order valence-corrected chi connectivity index (χ2v) is 6.52. The number of carbonyl (C=O) groups is 2. The van der Waals surface area contributed by atoms with Crippen molar-refractivity contribution in [1.29, 1.82) is 0 Å². The van der Waals surface area contributed by atoms with Crippen LogP contribution in [-0.2, 0) is 14.3 Å². The maximum Gasteiger partial charge on any atom is 0.341 e. The van der Waals surface area contributed by atoms with Crippen molar-refractivity contribution in [3.63, 3.8) is 0 Å². The number of rotatable bonds is 12. The smallest absolute Gasteiger partial charge is 0.341 e. The van der Waals surface area contributed by atoms with Gasteiger partial charge < -0.3 is 29.4 Å². The lowest BCUT2D eigenvalue weighted by Gasteiger charge is -2.21. The number of benzene rings is 1. The van der Waals surface area contributed by atoms with Crippen molar-refractivity contribution < 1.29 is 33.6 Å². The van der Waals surface area contributed by atoms with E-state index >= 15 is 0 Å². The van der Waals surface area contributed by atoms with Crippen molar-refractivity contribution in [3.8, 4) is 11.5 Å². The zero-order valence-corrected chi connectivity index (χ0v) is 16.3. The summed E-state index contributed by atoms with van der Waals surface area (Å²) in [6.07, 6.45) is 2.82. The van der Waals surface area contributed by atoms with E-state index in [0.29, 0.717) is 42.7 Å². The fourth-order valence-electron chi connectivity index (χ4n) is 2.82. The summed E-state index contributed by atoms with van der Waals surface area (Å²) in [4.78, 5) is 23.0. The first-order chi connectivity index (χ1) is 13.6. The maximum absolute atomic E-state index is 12.3. The van der Waals surface area contributed by atoms with Gasteiger partial charge in [-0.15, -0.1) is 0 Å². The van der Waals surface area contributed by atoms with E-state index in [2.05, 4.69) is 5.32 Å². The van der Waals surface area contributed by atoms with Gasteiger partial charge in [-0.1, -0.05) is 0 Å². The number of amides is 1. The van der Waals surface area contributed by atoms with E-state index in [4.69, 9.17) is 24.1 Å².